The molecule has 150 valence electrons. The number of aromatic hydroxyl groups is 1. The molecule has 2 aromatic carbocycles. The molecule has 3 unspecified atom stereocenters. The maximum absolute atomic E-state index is 13.3. The third-order valence-electron chi connectivity index (χ3n) is 4.33. The molecule has 1 amide bonds. The summed E-state index contributed by atoms with van der Waals surface area (Å²) in [6.07, 6.45) is 0.250. The molecule has 2 aromatic rings. The van der Waals surface area contributed by atoms with Crippen molar-refractivity contribution in [3.05, 3.63) is 56.8 Å². The smallest absolute Gasteiger partial charge is 0.246 e. The molecule has 0 saturated carbocycles. The summed E-state index contributed by atoms with van der Waals surface area (Å²) in [4.78, 5) is 12.7. The van der Waals surface area contributed by atoms with Crippen molar-refractivity contribution in [2.45, 2.75) is 18.5 Å². The van der Waals surface area contributed by atoms with Gasteiger partial charge in [-0.2, -0.15) is 0 Å². The molecule has 3 N–H and O–H groups in total. The van der Waals surface area contributed by atoms with E-state index in [9.17, 15) is 18.8 Å². The van der Waals surface area contributed by atoms with Crippen LogP contribution in [-0.4, -0.2) is 33.0 Å². The molecule has 0 aromatic heterocycles. The minimum absolute atomic E-state index is 0.0518. The van der Waals surface area contributed by atoms with Crippen LogP contribution in [-0.2, 0) is 16.3 Å². The van der Waals surface area contributed by atoms with E-state index in [1.807, 2.05) is 0 Å². The van der Waals surface area contributed by atoms with E-state index in [4.69, 9.17) is 34.8 Å². The van der Waals surface area contributed by atoms with Crippen molar-refractivity contribution in [1.82, 2.24) is 9.03 Å². The number of rotatable bonds is 3. The second kappa shape index (κ2) is 8.62. The molecular formula is C17H15Cl3FN3O3S. The Labute approximate surface area is 179 Å². The van der Waals surface area contributed by atoms with Gasteiger partial charge in [0.25, 0.3) is 0 Å². The normalized spacial score (nSPS) is 22.9. The molecule has 1 saturated heterocycles. The van der Waals surface area contributed by atoms with E-state index in [1.165, 1.54) is 35.6 Å². The average Bonchev–Trinajstić information content (AvgIpc) is 2.64. The van der Waals surface area contributed by atoms with Crippen molar-refractivity contribution in [2.24, 2.45) is 0 Å². The van der Waals surface area contributed by atoms with Gasteiger partial charge in [0, 0.05) is 19.2 Å². The number of carbonyl (C=O) groups is 1. The Morgan fingerprint density at radius 1 is 1.29 bits per heavy atom. The van der Waals surface area contributed by atoms with Crippen LogP contribution in [0.2, 0.25) is 15.1 Å². The fourth-order valence-electron chi connectivity index (χ4n) is 2.80. The highest BCUT2D eigenvalue weighted by molar-refractivity contribution is 7.87. The molecule has 0 radical (unpaired) electrons. The zero-order chi connectivity index (χ0) is 20.6. The predicted molar refractivity (Wildman–Crippen MR) is 108 cm³/mol. The van der Waals surface area contributed by atoms with E-state index >= 15 is 0 Å². The van der Waals surface area contributed by atoms with Crippen LogP contribution in [0.15, 0.2) is 30.3 Å². The van der Waals surface area contributed by atoms with Crippen LogP contribution in [0.25, 0.3) is 0 Å². The fourth-order valence-corrected chi connectivity index (χ4v) is 4.54. The summed E-state index contributed by atoms with van der Waals surface area (Å²) in [7, 11) is 1.54. The van der Waals surface area contributed by atoms with Crippen molar-refractivity contribution >= 4 is 57.9 Å². The number of nitrogens with zero attached hydrogens (tertiary/aromatic N) is 1. The van der Waals surface area contributed by atoms with Crippen LogP contribution in [0, 0.1) is 5.82 Å². The number of phenols is 1. The molecule has 3 atom stereocenters. The molecule has 6 nitrogen and oxygen atoms in total. The van der Waals surface area contributed by atoms with Gasteiger partial charge >= 0.3 is 0 Å². The number of anilines is 1. The molecular weight excluding hydrogens is 452 g/mol. The zero-order valence-electron chi connectivity index (χ0n) is 14.4. The first kappa shape index (κ1) is 21.4. The molecule has 0 aliphatic carbocycles. The summed E-state index contributed by atoms with van der Waals surface area (Å²) >= 11 is 16.0. The van der Waals surface area contributed by atoms with Gasteiger partial charge in [-0.1, -0.05) is 39.1 Å². The van der Waals surface area contributed by atoms with Gasteiger partial charge in [-0.25, -0.2) is 4.39 Å². The zero-order valence-corrected chi connectivity index (χ0v) is 17.5. The van der Waals surface area contributed by atoms with Gasteiger partial charge < -0.3 is 15.0 Å². The van der Waals surface area contributed by atoms with E-state index in [0.29, 0.717) is 11.3 Å². The first-order valence-electron chi connectivity index (χ1n) is 8.02. The number of amides is 1. The largest absolute Gasteiger partial charge is 0.579 e. The lowest BCUT2D eigenvalue weighted by atomic mass is 9.99. The molecule has 0 bridgehead atoms. The standard InChI is InChI=1S/C17H15Cl3FN3O3S/c1-24-15(17(26)22-9-2-3-13(21)10(18)6-9)7-14(23-28(24)27)8-4-11(19)16(25)12(20)5-8/h2-6,14-15,23,25H,7H2,1H3,(H,22,26). The van der Waals surface area contributed by atoms with E-state index in [1.54, 1.807) is 0 Å². The van der Waals surface area contributed by atoms with E-state index in [2.05, 4.69) is 10.0 Å². The lowest BCUT2D eigenvalue weighted by Crippen LogP contribution is -2.55. The van der Waals surface area contributed by atoms with Crippen LogP contribution >= 0.6 is 34.8 Å². The molecule has 1 aliphatic heterocycles. The predicted octanol–water partition coefficient (Wildman–Crippen LogP) is 4.04. The van der Waals surface area contributed by atoms with Gasteiger partial charge in [-0.15, -0.1) is 4.72 Å². The number of phenolic OH excluding ortho intramolecular Hbond substituents is 1. The maximum Gasteiger partial charge on any atom is 0.246 e. The number of nitrogens with one attached hydrogen (secondary N) is 2. The maximum atomic E-state index is 13.3. The van der Waals surface area contributed by atoms with Crippen LogP contribution in [0.4, 0.5) is 10.1 Å². The van der Waals surface area contributed by atoms with Crippen molar-refractivity contribution in [2.75, 3.05) is 12.4 Å². The number of carbonyl (C=O) groups excluding carboxylic acids is 1. The first-order valence-corrected chi connectivity index (χ1v) is 10.3. The van der Waals surface area contributed by atoms with Crippen LogP contribution in [0.3, 0.4) is 0 Å². The number of hydrogen-bond donors (Lipinski definition) is 3. The molecule has 1 aliphatic rings. The van der Waals surface area contributed by atoms with Gasteiger partial charge in [0.05, 0.1) is 21.1 Å². The van der Waals surface area contributed by atoms with E-state index in [0.717, 1.165) is 6.07 Å². The summed E-state index contributed by atoms with van der Waals surface area (Å²) in [6, 6.07) is 5.56. The Morgan fingerprint density at radius 3 is 2.54 bits per heavy atom. The second-order valence-corrected chi connectivity index (χ2v) is 8.70. The number of hydrogen-bond acceptors (Lipinski definition) is 5. The van der Waals surface area contributed by atoms with Crippen LogP contribution in [0.5, 0.6) is 5.75 Å². The number of halogens is 4. The summed E-state index contributed by atoms with van der Waals surface area (Å²) < 4.78 is 30.0. The Kier molecular flexibility index (Phi) is 6.61. The minimum atomic E-state index is -1.66. The van der Waals surface area contributed by atoms with Crippen molar-refractivity contribution in [3.8, 4) is 5.75 Å². The third kappa shape index (κ3) is 4.49. The third-order valence-corrected chi connectivity index (χ3v) is 6.46. The molecule has 1 heterocycles. The van der Waals surface area contributed by atoms with Gasteiger partial charge in [-0.05, 0) is 35.9 Å². The summed E-state index contributed by atoms with van der Waals surface area (Å²) in [6.45, 7) is 0. The van der Waals surface area contributed by atoms with Crippen molar-refractivity contribution in [1.29, 1.82) is 0 Å². The second-order valence-electron chi connectivity index (χ2n) is 6.17. The molecule has 11 heteroatoms. The van der Waals surface area contributed by atoms with Crippen LogP contribution < -0.4 is 10.0 Å². The average molecular weight is 467 g/mol. The number of benzene rings is 2. The topological polar surface area (TPSA) is 87.7 Å². The summed E-state index contributed by atoms with van der Waals surface area (Å²) in [5.74, 6) is -1.27. The summed E-state index contributed by atoms with van der Waals surface area (Å²) in [5, 5.41) is 12.3. The van der Waals surface area contributed by atoms with Gasteiger partial charge in [0.1, 0.15) is 23.4 Å². The quantitative estimate of drug-likeness (QED) is 0.594. The van der Waals surface area contributed by atoms with Crippen molar-refractivity contribution in [3.63, 3.8) is 0 Å². The fraction of sp³-hybridized carbons (Fsp3) is 0.235. The van der Waals surface area contributed by atoms with Gasteiger partial charge in [-0.3, -0.25) is 4.79 Å². The monoisotopic (exact) mass is 465 g/mol. The SMILES string of the molecule is CN1C(C(=O)Nc2ccc(F)c(Cl)c2)CC(c2cc(Cl)c(O)c(Cl)c2)N[S+]1[O-]. The minimum Gasteiger partial charge on any atom is -0.579 e. The number of likely N-dealkylation sites (N-methyl/N-ethyl adjacent to an activating group) is 1. The lowest BCUT2D eigenvalue weighted by molar-refractivity contribution is -0.120. The highest BCUT2D eigenvalue weighted by atomic mass is 35.5. The Hall–Kier alpha value is -1.26. The van der Waals surface area contributed by atoms with Crippen LogP contribution in [0.1, 0.15) is 18.0 Å². The molecule has 0 spiro atoms. The molecule has 1 fully saturated rings. The van der Waals surface area contributed by atoms with Gasteiger partial charge in [0.2, 0.25) is 5.91 Å². The highest BCUT2D eigenvalue weighted by Gasteiger charge is 2.41. The van der Waals surface area contributed by atoms with E-state index < -0.39 is 35.4 Å². The van der Waals surface area contributed by atoms with E-state index in [-0.39, 0.29) is 27.2 Å². The molecule has 28 heavy (non-hydrogen) atoms. The Morgan fingerprint density at radius 2 is 1.93 bits per heavy atom. The highest BCUT2D eigenvalue weighted by Crippen LogP contribution is 2.37. The Bertz CT molecular complexity index is 897. The van der Waals surface area contributed by atoms with Gasteiger partial charge in [0.15, 0.2) is 5.75 Å². The molecule has 3 rings (SSSR count). The Balaban J connectivity index is 1.81. The van der Waals surface area contributed by atoms with Crippen molar-refractivity contribution < 1.29 is 18.8 Å². The lowest BCUT2D eigenvalue weighted by Gasteiger charge is -2.36. The first-order chi connectivity index (χ1) is 13.2. The summed E-state index contributed by atoms with van der Waals surface area (Å²) in [5.41, 5.74) is 0.901.